The second-order valence-electron chi connectivity index (χ2n) is 0.551. The minimum Gasteiger partial charge on any atom is -0.447 e. The molecular formula is C5H10O2. The first-order valence-corrected chi connectivity index (χ1v) is 1.94. The summed E-state index contributed by atoms with van der Waals surface area (Å²) in [5.74, 6) is 0. The van der Waals surface area contributed by atoms with Crippen LogP contribution in [0.4, 0.5) is 0 Å². The zero-order chi connectivity index (χ0) is 6.12. The molecule has 0 spiro atoms. The lowest BCUT2D eigenvalue weighted by Crippen LogP contribution is -1.73. The van der Waals surface area contributed by atoms with Gasteiger partial charge in [0.1, 0.15) is 6.11 Å². The molecule has 7 heavy (non-hydrogen) atoms. The predicted molar refractivity (Wildman–Crippen MR) is 28.6 cm³/mol. The van der Waals surface area contributed by atoms with Gasteiger partial charge in [-0.3, -0.25) is 0 Å². The SMILES string of the molecule is C#COCC.CO. The molecule has 0 bridgehead atoms. The van der Waals surface area contributed by atoms with E-state index in [1.807, 2.05) is 13.0 Å². The minimum atomic E-state index is 0.608. The van der Waals surface area contributed by atoms with Crippen LogP contribution in [0.25, 0.3) is 0 Å². The molecule has 0 unspecified atom stereocenters. The third kappa shape index (κ3) is 33.7. The fourth-order valence-electron chi connectivity index (χ4n) is 0.0833. The van der Waals surface area contributed by atoms with Crippen molar-refractivity contribution in [2.24, 2.45) is 0 Å². The van der Waals surface area contributed by atoms with Gasteiger partial charge in [-0.25, -0.2) is 0 Å². The zero-order valence-electron chi connectivity index (χ0n) is 4.64. The van der Waals surface area contributed by atoms with Crippen LogP contribution in [0.5, 0.6) is 0 Å². The van der Waals surface area contributed by atoms with Crippen LogP contribution in [0.2, 0.25) is 0 Å². The monoisotopic (exact) mass is 102 g/mol. The van der Waals surface area contributed by atoms with Gasteiger partial charge in [0.05, 0.1) is 6.61 Å². The molecule has 0 aromatic rings. The maximum atomic E-state index is 7.00. The molecule has 0 rings (SSSR count). The van der Waals surface area contributed by atoms with Crippen molar-refractivity contribution < 1.29 is 9.84 Å². The Morgan fingerprint density at radius 1 is 1.71 bits per heavy atom. The van der Waals surface area contributed by atoms with Gasteiger partial charge in [-0.05, 0) is 6.92 Å². The van der Waals surface area contributed by atoms with Gasteiger partial charge in [-0.1, -0.05) is 6.42 Å². The standard InChI is InChI=1S/C4H6O.CH4O/c1-3-5-4-2;1-2/h1H,4H2,2H3;2H,1H3. The number of rotatable bonds is 1. The summed E-state index contributed by atoms with van der Waals surface area (Å²) in [6.45, 7) is 2.45. The fraction of sp³-hybridized carbons (Fsp3) is 0.600. The van der Waals surface area contributed by atoms with Crippen molar-refractivity contribution in [2.45, 2.75) is 6.92 Å². The molecule has 0 atom stereocenters. The van der Waals surface area contributed by atoms with E-state index in [9.17, 15) is 0 Å². The van der Waals surface area contributed by atoms with Gasteiger partial charge >= 0.3 is 0 Å². The van der Waals surface area contributed by atoms with E-state index in [0.29, 0.717) is 6.61 Å². The van der Waals surface area contributed by atoms with Gasteiger partial charge in [-0.15, -0.1) is 0 Å². The second kappa shape index (κ2) is 18.4. The molecule has 42 valence electrons. The Labute approximate surface area is 44.1 Å². The summed E-state index contributed by atoms with van der Waals surface area (Å²) in [7, 11) is 1.00. The van der Waals surface area contributed by atoms with Crippen molar-refractivity contribution in [2.75, 3.05) is 13.7 Å². The van der Waals surface area contributed by atoms with E-state index in [1.54, 1.807) is 0 Å². The van der Waals surface area contributed by atoms with Crippen LogP contribution in [-0.2, 0) is 4.74 Å². The minimum absolute atomic E-state index is 0.608. The van der Waals surface area contributed by atoms with Crippen molar-refractivity contribution in [3.05, 3.63) is 0 Å². The molecule has 0 radical (unpaired) electrons. The van der Waals surface area contributed by atoms with Crippen LogP contribution in [0.1, 0.15) is 6.92 Å². The summed E-state index contributed by atoms with van der Waals surface area (Å²) >= 11 is 0. The first kappa shape index (κ1) is 9.58. The fourth-order valence-corrected chi connectivity index (χ4v) is 0.0833. The topological polar surface area (TPSA) is 29.5 Å². The normalized spacial score (nSPS) is 4.86. The molecule has 0 aromatic carbocycles. The highest BCUT2D eigenvalue weighted by atomic mass is 16.5. The second-order valence-corrected chi connectivity index (χ2v) is 0.551. The number of aliphatic hydroxyl groups excluding tert-OH is 1. The summed E-state index contributed by atoms with van der Waals surface area (Å²) in [5.41, 5.74) is 0. The molecule has 0 heterocycles. The lowest BCUT2D eigenvalue weighted by atomic mass is 10.9. The third-order valence-electron chi connectivity index (χ3n) is 0.228. The smallest absolute Gasteiger partial charge is 0.106 e. The number of terminal acetylenes is 1. The number of ether oxygens (including phenoxy) is 1. The van der Waals surface area contributed by atoms with E-state index in [4.69, 9.17) is 5.11 Å². The van der Waals surface area contributed by atoms with E-state index in [0.717, 1.165) is 7.11 Å². The van der Waals surface area contributed by atoms with Gasteiger partial charge in [0, 0.05) is 7.11 Å². The van der Waals surface area contributed by atoms with Crippen molar-refractivity contribution in [1.82, 2.24) is 0 Å². The molecule has 0 amide bonds. The summed E-state index contributed by atoms with van der Waals surface area (Å²) < 4.78 is 4.36. The highest BCUT2D eigenvalue weighted by Gasteiger charge is 1.56. The molecule has 2 heteroatoms. The maximum Gasteiger partial charge on any atom is 0.106 e. The van der Waals surface area contributed by atoms with Crippen LogP contribution in [0, 0.1) is 12.5 Å². The average molecular weight is 102 g/mol. The molecule has 0 aliphatic heterocycles. The molecule has 0 aromatic heterocycles. The van der Waals surface area contributed by atoms with Crippen molar-refractivity contribution in [3.8, 4) is 12.5 Å². The summed E-state index contributed by atoms with van der Waals surface area (Å²) in [4.78, 5) is 0. The molecule has 1 N–H and O–H groups in total. The van der Waals surface area contributed by atoms with E-state index >= 15 is 0 Å². The van der Waals surface area contributed by atoms with E-state index < -0.39 is 0 Å². The molecule has 0 saturated carbocycles. The summed E-state index contributed by atoms with van der Waals surface area (Å²) in [5, 5.41) is 7.00. The quantitative estimate of drug-likeness (QED) is 0.480. The van der Waals surface area contributed by atoms with Crippen molar-refractivity contribution >= 4 is 0 Å². The van der Waals surface area contributed by atoms with Gasteiger partial charge in [0.25, 0.3) is 0 Å². The lowest BCUT2D eigenvalue weighted by molar-refractivity contribution is 0.300. The number of hydrogen-bond donors (Lipinski definition) is 1. The van der Waals surface area contributed by atoms with Gasteiger partial charge in [-0.2, -0.15) is 0 Å². The first-order chi connectivity index (χ1) is 3.41. The van der Waals surface area contributed by atoms with Crippen molar-refractivity contribution in [1.29, 1.82) is 0 Å². The Balaban J connectivity index is 0. The van der Waals surface area contributed by atoms with Crippen LogP contribution in [0.3, 0.4) is 0 Å². The predicted octanol–water partition coefficient (Wildman–Crippen LogP) is 0.222. The van der Waals surface area contributed by atoms with Crippen LogP contribution in [0.15, 0.2) is 0 Å². The van der Waals surface area contributed by atoms with Gasteiger partial charge in [0.2, 0.25) is 0 Å². The molecule has 0 saturated heterocycles. The van der Waals surface area contributed by atoms with Gasteiger partial charge < -0.3 is 9.84 Å². The summed E-state index contributed by atoms with van der Waals surface area (Å²) in [6.07, 6.45) is 6.68. The largest absolute Gasteiger partial charge is 0.447 e. The Morgan fingerprint density at radius 3 is 2.14 bits per heavy atom. The number of aliphatic hydroxyl groups is 1. The molecule has 2 nitrogen and oxygen atoms in total. The average Bonchev–Trinajstić information content (AvgIpc) is 1.75. The molecule has 0 aliphatic rings. The molecular weight excluding hydrogens is 92.1 g/mol. The highest BCUT2D eigenvalue weighted by molar-refractivity contribution is 4.66. The third-order valence-corrected chi connectivity index (χ3v) is 0.228. The Kier molecular flexibility index (Phi) is 25.3. The van der Waals surface area contributed by atoms with E-state index in [2.05, 4.69) is 11.2 Å². The van der Waals surface area contributed by atoms with Crippen molar-refractivity contribution in [3.63, 3.8) is 0 Å². The van der Waals surface area contributed by atoms with Crippen LogP contribution < -0.4 is 0 Å². The first-order valence-electron chi connectivity index (χ1n) is 1.94. The Bertz CT molecular complexity index is 44.5. The molecule has 0 aliphatic carbocycles. The molecule has 0 fully saturated rings. The van der Waals surface area contributed by atoms with Gasteiger partial charge in [0.15, 0.2) is 0 Å². The lowest BCUT2D eigenvalue weighted by Gasteiger charge is -1.79. The Hall–Kier alpha value is -0.680. The van der Waals surface area contributed by atoms with E-state index in [-0.39, 0.29) is 0 Å². The van der Waals surface area contributed by atoms with E-state index in [1.165, 1.54) is 0 Å². The summed E-state index contributed by atoms with van der Waals surface area (Å²) in [6, 6.07) is 0. The van der Waals surface area contributed by atoms with Crippen LogP contribution >= 0.6 is 0 Å². The zero-order valence-corrected chi connectivity index (χ0v) is 4.64. The highest BCUT2D eigenvalue weighted by Crippen LogP contribution is 1.58. The van der Waals surface area contributed by atoms with Crippen LogP contribution in [-0.4, -0.2) is 18.8 Å². The Morgan fingerprint density at radius 2 is 2.14 bits per heavy atom. The maximum absolute atomic E-state index is 7.00. The number of hydrogen-bond acceptors (Lipinski definition) is 2.